The number of amides is 1. The molecule has 3 rings (SSSR count). The molecule has 0 aromatic heterocycles. The molecule has 25 heavy (non-hydrogen) atoms. The lowest BCUT2D eigenvalue weighted by atomic mass is 10.1. The Morgan fingerprint density at radius 1 is 1.36 bits per heavy atom. The largest absolute Gasteiger partial charge is 0.507 e. The molecular formula is C16H15N5O4. The normalized spacial score (nSPS) is 15.6. The van der Waals surface area contributed by atoms with E-state index in [0.29, 0.717) is 16.8 Å². The zero-order valence-corrected chi connectivity index (χ0v) is 13.3. The summed E-state index contributed by atoms with van der Waals surface area (Å²) in [6.07, 6.45) is 1.51. The number of nitrogens with zero attached hydrogens (tertiary/aromatic N) is 3. The van der Waals surface area contributed by atoms with E-state index in [0.717, 1.165) is 0 Å². The number of carbonyl (C=O) groups is 2. The Morgan fingerprint density at radius 3 is 2.92 bits per heavy atom. The van der Waals surface area contributed by atoms with E-state index in [1.54, 1.807) is 13.0 Å². The summed E-state index contributed by atoms with van der Waals surface area (Å²) < 4.78 is 4.89. The van der Waals surface area contributed by atoms with Gasteiger partial charge in [0.15, 0.2) is 5.84 Å². The van der Waals surface area contributed by atoms with Crippen LogP contribution in [0.5, 0.6) is 5.75 Å². The summed E-state index contributed by atoms with van der Waals surface area (Å²) in [7, 11) is 0. The Balaban J connectivity index is 1.78. The number of amidine groups is 1. The summed E-state index contributed by atoms with van der Waals surface area (Å²) in [5.41, 5.74) is 6.96. The van der Waals surface area contributed by atoms with Crippen LogP contribution in [0.1, 0.15) is 17.3 Å². The van der Waals surface area contributed by atoms with Crippen LogP contribution in [0, 0.1) is 0 Å². The van der Waals surface area contributed by atoms with Gasteiger partial charge in [0.25, 0.3) is 5.91 Å². The SMILES string of the molecule is CCOC(=O)c1cc(NCC2=C3C(=O)N=C(N)N=C3N=C2)ccc1O. The lowest BCUT2D eigenvalue weighted by Crippen LogP contribution is -2.23. The minimum absolute atomic E-state index is 0.0537. The predicted molar refractivity (Wildman–Crippen MR) is 92.1 cm³/mol. The Labute approximate surface area is 142 Å². The van der Waals surface area contributed by atoms with E-state index in [-0.39, 0.29) is 36.3 Å². The van der Waals surface area contributed by atoms with E-state index < -0.39 is 11.9 Å². The van der Waals surface area contributed by atoms with Crippen LogP contribution in [0.25, 0.3) is 0 Å². The Morgan fingerprint density at radius 2 is 2.16 bits per heavy atom. The van der Waals surface area contributed by atoms with Crippen molar-refractivity contribution < 1.29 is 19.4 Å². The quantitative estimate of drug-likeness (QED) is 0.530. The molecule has 0 bridgehead atoms. The second-order valence-corrected chi connectivity index (χ2v) is 5.17. The number of guanidine groups is 1. The number of nitrogens with two attached hydrogens (primary N) is 1. The van der Waals surface area contributed by atoms with Gasteiger partial charge in [0.2, 0.25) is 5.96 Å². The molecule has 1 aromatic carbocycles. The van der Waals surface area contributed by atoms with Crippen LogP contribution >= 0.6 is 0 Å². The third kappa shape index (κ3) is 3.25. The third-order valence-electron chi connectivity index (χ3n) is 3.51. The van der Waals surface area contributed by atoms with Gasteiger partial charge in [-0.1, -0.05) is 0 Å². The summed E-state index contributed by atoms with van der Waals surface area (Å²) in [5, 5.41) is 12.8. The molecule has 128 valence electrons. The second kappa shape index (κ2) is 6.56. The molecule has 1 aromatic rings. The van der Waals surface area contributed by atoms with E-state index in [1.807, 2.05) is 0 Å². The predicted octanol–water partition coefficient (Wildman–Crippen LogP) is 0.615. The molecule has 2 aliphatic rings. The fraction of sp³-hybridized carbons (Fsp3) is 0.188. The number of hydrogen-bond acceptors (Lipinski definition) is 8. The summed E-state index contributed by atoms with van der Waals surface area (Å²) >= 11 is 0. The van der Waals surface area contributed by atoms with Gasteiger partial charge in [-0.05, 0) is 25.1 Å². The van der Waals surface area contributed by atoms with Crippen LogP contribution in [0.3, 0.4) is 0 Å². The van der Waals surface area contributed by atoms with Crippen molar-refractivity contribution in [3.05, 3.63) is 34.9 Å². The molecule has 4 N–H and O–H groups in total. The molecule has 0 fully saturated rings. The van der Waals surface area contributed by atoms with E-state index in [2.05, 4.69) is 20.3 Å². The standard InChI is InChI=1S/C16H15N5O4/c1-2-25-15(24)10-5-9(3-4-11(10)22)18-6-8-7-19-13-12(8)14(23)21-16(17)20-13/h3-5,7,18,22H,2,6H2,1H3,(H2,17,21,23). The maximum atomic E-state index is 12.0. The van der Waals surface area contributed by atoms with Crippen LogP contribution in [-0.2, 0) is 9.53 Å². The molecule has 1 amide bonds. The topological polar surface area (TPSA) is 139 Å². The molecule has 0 unspecified atom stereocenters. The molecule has 0 saturated heterocycles. The van der Waals surface area contributed by atoms with Crippen LogP contribution in [-0.4, -0.2) is 48.1 Å². The number of anilines is 1. The number of hydrogen-bond donors (Lipinski definition) is 3. The Kier molecular flexibility index (Phi) is 4.29. The number of carbonyl (C=O) groups excluding carboxylic acids is 2. The van der Waals surface area contributed by atoms with Gasteiger partial charge in [-0.15, -0.1) is 0 Å². The van der Waals surface area contributed by atoms with Gasteiger partial charge >= 0.3 is 5.97 Å². The van der Waals surface area contributed by atoms with Gasteiger partial charge in [0.05, 0.1) is 12.2 Å². The first kappa shape index (κ1) is 16.4. The fourth-order valence-corrected chi connectivity index (χ4v) is 2.37. The highest BCUT2D eigenvalue weighted by Gasteiger charge is 2.27. The molecular weight excluding hydrogens is 326 g/mol. The van der Waals surface area contributed by atoms with Crippen LogP contribution < -0.4 is 11.1 Å². The minimum Gasteiger partial charge on any atom is -0.507 e. The van der Waals surface area contributed by atoms with Crippen molar-refractivity contribution in [2.24, 2.45) is 20.7 Å². The number of phenolic OH excluding ortho intramolecular Hbond substituents is 1. The summed E-state index contributed by atoms with van der Waals surface area (Å²) in [5.74, 6) is -1.15. The number of esters is 1. The number of ether oxygens (including phenoxy) is 1. The van der Waals surface area contributed by atoms with Gasteiger partial charge in [-0.2, -0.15) is 9.98 Å². The minimum atomic E-state index is -0.616. The zero-order chi connectivity index (χ0) is 18.0. The molecule has 2 heterocycles. The van der Waals surface area contributed by atoms with Crippen LogP contribution in [0.15, 0.2) is 44.3 Å². The number of nitrogens with one attached hydrogen (secondary N) is 1. The molecule has 9 nitrogen and oxygen atoms in total. The monoisotopic (exact) mass is 341 g/mol. The number of phenols is 1. The summed E-state index contributed by atoms with van der Waals surface area (Å²) in [4.78, 5) is 35.3. The highest BCUT2D eigenvalue weighted by Crippen LogP contribution is 2.24. The molecule has 0 radical (unpaired) electrons. The molecule has 0 atom stereocenters. The first-order valence-electron chi connectivity index (χ1n) is 7.48. The van der Waals surface area contributed by atoms with Gasteiger partial charge < -0.3 is 20.9 Å². The number of aromatic hydroxyl groups is 1. The number of aliphatic imine (C=N–C) groups is 3. The van der Waals surface area contributed by atoms with Crippen molar-refractivity contribution in [1.29, 1.82) is 0 Å². The first-order chi connectivity index (χ1) is 12.0. The fourth-order valence-electron chi connectivity index (χ4n) is 2.37. The number of fused-ring (bicyclic) bond motifs is 1. The average Bonchev–Trinajstić information content (AvgIpc) is 2.97. The van der Waals surface area contributed by atoms with Crippen molar-refractivity contribution in [3.63, 3.8) is 0 Å². The van der Waals surface area contributed by atoms with Crippen LogP contribution in [0.2, 0.25) is 0 Å². The molecule has 9 heteroatoms. The van der Waals surface area contributed by atoms with Crippen LogP contribution in [0.4, 0.5) is 5.69 Å². The second-order valence-electron chi connectivity index (χ2n) is 5.17. The lowest BCUT2D eigenvalue weighted by molar-refractivity contribution is -0.113. The van der Waals surface area contributed by atoms with Gasteiger partial charge in [-0.25, -0.2) is 9.79 Å². The average molecular weight is 341 g/mol. The number of rotatable bonds is 5. The maximum absolute atomic E-state index is 12.0. The van der Waals surface area contributed by atoms with Gasteiger partial charge in [0.1, 0.15) is 11.3 Å². The van der Waals surface area contributed by atoms with Crippen molar-refractivity contribution in [1.82, 2.24) is 0 Å². The maximum Gasteiger partial charge on any atom is 0.341 e. The Bertz CT molecular complexity index is 883. The molecule has 2 aliphatic heterocycles. The highest BCUT2D eigenvalue weighted by atomic mass is 16.5. The summed E-state index contributed by atoms with van der Waals surface area (Å²) in [6.45, 7) is 2.14. The number of benzene rings is 1. The zero-order valence-electron chi connectivity index (χ0n) is 13.3. The molecule has 0 spiro atoms. The van der Waals surface area contributed by atoms with E-state index in [9.17, 15) is 14.7 Å². The van der Waals surface area contributed by atoms with E-state index in [4.69, 9.17) is 10.5 Å². The Hall–Kier alpha value is -3.49. The van der Waals surface area contributed by atoms with Gasteiger partial charge in [-0.3, -0.25) is 4.79 Å². The first-order valence-corrected chi connectivity index (χ1v) is 7.48. The van der Waals surface area contributed by atoms with E-state index >= 15 is 0 Å². The molecule has 0 aliphatic carbocycles. The van der Waals surface area contributed by atoms with Crippen molar-refractivity contribution in [3.8, 4) is 5.75 Å². The molecule has 0 saturated carbocycles. The van der Waals surface area contributed by atoms with Gasteiger partial charge in [0, 0.05) is 24.0 Å². The smallest absolute Gasteiger partial charge is 0.341 e. The van der Waals surface area contributed by atoms with Crippen molar-refractivity contribution in [2.45, 2.75) is 6.92 Å². The van der Waals surface area contributed by atoms with E-state index in [1.165, 1.54) is 18.3 Å². The van der Waals surface area contributed by atoms with Crippen molar-refractivity contribution >= 4 is 35.6 Å². The van der Waals surface area contributed by atoms with Crippen molar-refractivity contribution in [2.75, 3.05) is 18.5 Å². The summed E-state index contributed by atoms with van der Waals surface area (Å²) in [6, 6.07) is 4.46. The lowest BCUT2D eigenvalue weighted by Gasteiger charge is -2.11. The highest BCUT2D eigenvalue weighted by molar-refractivity contribution is 6.34. The third-order valence-corrected chi connectivity index (χ3v) is 3.51.